The zero-order valence-electron chi connectivity index (χ0n) is 26.2. The monoisotopic (exact) mass is 689 g/mol. The standard InChI is InChI=1S/C28H39N3O15S/c1-5-28(32,41-25-14-15-31(18-25)44-47-4)29-43-46-40-21-39-45-38-20-37-36-19-35-30-42-24-11-7-10-22(16-24)8-6-9-23-12-13-26(33-2)27(17-23)34-3/h7,10-18,29-30,32H,5-6,8-9,19-21H2,1-4H3. The molecule has 2 aromatic carbocycles. The van der Waals surface area contributed by atoms with Crippen molar-refractivity contribution < 1.29 is 72.8 Å². The van der Waals surface area contributed by atoms with Crippen LogP contribution in [-0.4, -0.2) is 56.6 Å². The second-order valence-corrected chi connectivity index (χ2v) is 9.46. The lowest BCUT2D eigenvalue weighted by molar-refractivity contribution is -0.615. The third kappa shape index (κ3) is 14.9. The third-order valence-electron chi connectivity index (χ3n) is 5.82. The molecule has 0 amide bonds. The van der Waals surface area contributed by atoms with Crippen LogP contribution in [0, 0.1) is 0 Å². The molecular weight excluding hydrogens is 650 g/mol. The summed E-state index contributed by atoms with van der Waals surface area (Å²) < 4.78 is 22.6. The number of benzene rings is 2. The number of aryl methyl sites for hydroxylation is 2. The molecule has 0 saturated carbocycles. The summed E-state index contributed by atoms with van der Waals surface area (Å²) >= 11 is 1.13. The van der Waals surface area contributed by atoms with Crippen molar-refractivity contribution in [3.05, 3.63) is 72.1 Å². The molecule has 1 unspecified atom stereocenters. The van der Waals surface area contributed by atoms with Crippen molar-refractivity contribution in [2.24, 2.45) is 0 Å². The predicted molar refractivity (Wildman–Crippen MR) is 160 cm³/mol. The quantitative estimate of drug-likeness (QED) is 0.0348. The van der Waals surface area contributed by atoms with E-state index < -0.39 is 19.5 Å². The fourth-order valence-electron chi connectivity index (χ4n) is 3.64. The van der Waals surface area contributed by atoms with Gasteiger partial charge in [0, 0.05) is 24.9 Å². The molecule has 0 saturated heterocycles. The summed E-state index contributed by atoms with van der Waals surface area (Å²) in [6, 6.07) is 15.1. The first-order chi connectivity index (χ1) is 23.0. The Morgan fingerprint density at radius 3 is 2.34 bits per heavy atom. The Hall–Kier alpha value is -3.41. The van der Waals surface area contributed by atoms with Crippen LogP contribution in [0.2, 0.25) is 0 Å². The second-order valence-electron chi connectivity index (χ2n) is 8.97. The molecule has 19 heteroatoms. The minimum Gasteiger partial charge on any atom is -0.493 e. The lowest BCUT2D eigenvalue weighted by Crippen LogP contribution is -2.49. The van der Waals surface area contributed by atoms with Gasteiger partial charge in [-0.25, -0.2) is 14.6 Å². The molecule has 0 spiro atoms. The number of rotatable bonds is 27. The topological polar surface area (TPSA) is 178 Å². The number of hydrogen-bond donors (Lipinski definition) is 3. The molecule has 0 aliphatic heterocycles. The zero-order valence-corrected chi connectivity index (χ0v) is 27.1. The van der Waals surface area contributed by atoms with Crippen LogP contribution in [0.15, 0.2) is 60.9 Å². The lowest BCUT2D eigenvalue weighted by atomic mass is 10.0. The Labute approximate surface area is 275 Å². The van der Waals surface area contributed by atoms with Crippen LogP contribution in [0.25, 0.3) is 0 Å². The first kappa shape index (κ1) is 38.0. The number of nitrogens with one attached hydrogen (secondary N) is 2. The van der Waals surface area contributed by atoms with Crippen LogP contribution in [0.3, 0.4) is 0 Å². The van der Waals surface area contributed by atoms with E-state index >= 15 is 0 Å². The van der Waals surface area contributed by atoms with E-state index in [-0.39, 0.29) is 13.2 Å². The number of hydroxylamine groups is 1. The van der Waals surface area contributed by atoms with Gasteiger partial charge in [0.1, 0.15) is 11.5 Å². The Kier molecular flexibility index (Phi) is 18.0. The fourth-order valence-corrected chi connectivity index (χ4v) is 3.91. The minimum absolute atomic E-state index is 0.0761. The smallest absolute Gasteiger partial charge is 0.292 e. The summed E-state index contributed by atoms with van der Waals surface area (Å²) in [4.78, 5) is 37.7. The van der Waals surface area contributed by atoms with Gasteiger partial charge in [-0.15, -0.1) is 4.99 Å². The first-order valence-electron chi connectivity index (χ1n) is 14.0. The molecule has 0 fully saturated rings. The predicted octanol–water partition coefficient (Wildman–Crippen LogP) is 3.42. The van der Waals surface area contributed by atoms with Gasteiger partial charge in [-0.05, 0) is 65.3 Å². The van der Waals surface area contributed by atoms with E-state index in [2.05, 4.69) is 45.7 Å². The van der Waals surface area contributed by atoms with E-state index in [0.29, 0.717) is 23.0 Å². The Morgan fingerprint density at radius 2 is 1.57 bits per heavy atom. The molecule has 3 N–H and O–H groups in total. The molecule has 1 heterocycles. The van der Waals surface area contributed by atoms with Crippen molar-refractivity contribution in [3.63, 3.8) is 0 Å². The van der Waals surface area contributed by atoms with Crippen molar-refractivity contribution in [1.82, 2.24) is 15.9 Å². The molecule has 47 heavy (non-hydrogen) atoms. The van der Waals surface area contributed by atoms with E-state index in [1.807, 2.05) is 36.4 Å². The Balaban J connectivity index is 1.13. The average molecular weight is 690 g/mol. The van der Waals surface area contributed by atoms with Gasteiger partial charge in [-0.3, -0.25) is 0 Å². The van der Waals surface area contributed by atoms with E-state index in [1.165, 1.54) is 10.9 Å². The second kappa shape index (κ2) is 22.2. The number of ether oxygens (including phenoxy) is 3. The van der Waals surface area contributed by atoms with E-state index in [1.54, 1.807) is 45.7 Å². The van der Waals surface area contributed by atoms with Crippen molar-refractivity contribution >= 4 is 12.0 Å². The molecule has 1 aromatic heterocycles. The van der Waals surface area contributed by atoms with Gasteiger partial charge in [0.25, 0.3) is 5.91 Å². The van der Waals surface area contributed by atoms with Gasteiger partial charge >= 0.3 is 0 Å². The Morgan fingerprint density at radius 1 is 0.830 bits per heavy atom. The molecule has 18 nitrogen and oxygen atoms in total. The van der Waals surface area contributed by atoms with E-state index in [0.717, 1.165) is 42.4 Å². The molecule has 1 atom stereocenters. The number of aliphatic hydroxyl groups is 1. The number of nitrogens with zero attached hydrogens (tertiary/aromatic N) is 1. The van der Waals surface area contributed by atoms with Crippen LogP contribution in [0.1, 0.15) is 30.9 Å². The molecule has 3 aromatic rings. The number of aromatic nitrogens is 1. The molecule has 0 aliphatic rings. The van der Waals surface area contributed by atoms with Gasteiger partial charge < -0.3 is 28.4 Å². The van der Waals surface area contributed by atoms with E-state index in [9.17, 15) is 5.11 Å². The Bertz CT molecular complexity index is 1270. The highest BCUT2D eigenvalue weighted by Crippen LogP contribution is 2.28. The largest absolute Gasteiger partial charge is 0.493 e. The summed E-state index contributed by atoms with van der Waals surface area (Å²) in [6.07, 6.45) is 7.59. The van der Waals surface area contributed by atoms with Crippen LogP contribution in [0.5, 0.6) is 23.0 Å². The summed E-state index contributed by atoms with van der Waals surface area (Å²) in [6.45, 7) is 0.211. The maximum Gasteiger partial charge on any atom is 0.292 e. The van der Waals surface area contributed by atoms with Crippen LogP contribution >= 0.6 is 12.0 Å². The van der Waals surface area contributed by atoms with Crippen LogP contribution in [0.4, 0.5) is 0 Å². The number of methoxy groups -OCH3 is 2. The summed E-state index contributed by atoms with van der Waals surface area (Å²) in [7, 11) is 3.24. The van der Waals surface area contributed by atoms with Gasteiger partial charge in [0.15, 0.2) is 11.5 Å². The average Bonchev–Trinajstić information content (AvgIpc) is 3.52. The van der Waals surface area contributed by atoms with Crippen LogP contribution < -0.4 is 34.5 Å². The van der Waals surface area contributed by atoms with Crippen molar-refractivity contribution in [2.45, 2.75) is 38.5 Å². The maximum atomic E-state index is 10.4. The van der Waals surface area contributed by atoms with Gasteiger partial charge in [-0.2, -0.15) is 19.4 Å². The van der Waals surface area contributed by atoms with Gasteiger partial charge in [0.2, 0.25) is 20.4 Å². The molecule has 0 bridgehead atoms. The summed E-state index contributed by atoms with van der Waals surface area (Å²) in [5.74, 6) is 0.340. The summed E-state index contributed by atoms with van der Waals surface area (Å²) in [5, 5.41) is 19.0. The van der Waals surface area contributed by atoms with Gasteiger partial charge in [0.05, 0.1) is 32.5 Å². The normalized spacial score (nSPS) is 12.4. The molecule has 0 aliphatic carbocycles. The third-order valence-corrected chi connectivity index (χ3v) is 6.15. The first-order valence-corrected chi connectivity index (χ1v) is 15.2. The number of hydrogen-bond acceptors (Lipinski definition) is 18. The van der Waals surface area contributed by atoms with Crippen LogP contribution in [-0.2, 0) is 57.2 Å². The summed E-state index contributed by atoms with van der Waals surface area (Å²) in [5.41, 5.74) is 6.70. The molecule has 0 radical (unpaired) electrons. The highest BCUT2D eigenvalue weighted by Gasteiger charge is 2.28. The molecule has 3 rings (SSSR count). The maximum absolute atomic E-state index is 10.4. The van der Waals surface area contributed by atoms with E-state index in [4.69, 9.17) is 33.1 Å². The highest BCUT2D eigenvalue weighted by atomic mass is 32.2. The highest BCUT2D eigenvalue weighted by molar-refractivity contribution is 7.94. The van der Waals surface area contributed by atoms with Crippen molar-refractivity contribution in [1.29, 1.82) is 0 Å². The zero-order chi connectivity index (χ0) is 33.6. The van der Waals surface area contributed by atoms with Crippen molar-refractivity contribution in [3.8, 4) is 23.0 Å². The lowest BCUT2D eigenvalue weighted by Gasteiger charge is -2.25. The molecular formula is C28H39N3O15S. The fraction of sp³-hybridized carbons (Fsp3) is 0.429. The SMILES string of the molecule is CCC(O)(NOOOCOOOCOOCONOc1cccc(CCCc2ccc(OC)c(OC)c2)c1)Oc1ccn(OSC)c1. The van der Waals surface area contributed by atoms with Crippen molar-refractivity contribution in [2.75, 3.05) is 40.9 Å². The van der Waals surface area contributed by atoms with Gasteiger partial charge in [-0.1, -0.05) is 35.6 Å². The molecule has 262 valence electrons. The minimum atomic E-state index is -1.93.